The molecule has 0 bridgehead atoms. The molecule has 0 amide bonds. The van der Waals surface area contributed by atoms with E-state index in [1.165, 1.54) is 11.3 Å². The van der Waals surface area contributed by atoms with E-state index in [1.54, 1.807) is 36.4 Å². The first-order chi connectivity index (χ1) is 10.0. The van der Waals surface area contributed by atoms with Gasteiger partial charge in [0.15, 0.2) is 0 Å². The Kier molecular flexibility index (Phi) is 4.96. The molecule has 0 fully saturated rings. The van der Waals surface area contributed by atoms with Gasteiger partial charge in [-0.05, 0) is 43.3 Å². The van der Waals surface area contributed by atoms with Gasteiger partial charge in [-0.15, -0.1) is 11.3 Å². The highest BCUT2D eigenvalue weighted by molar-refractivity contribution is 7.91. The molecule has 0 atom stereocenters. The SMILES string of the molecule is Cc1ccc(S(=O)(=O)NCCNc2ccc(C#N)cc2)s1. The van der Waals surface area contributed by atoms with Gasteiger partial charge in [0.25, 0.3) is 0 Å². The minimum absolute atomic E-state index is 0.291. The van der Waals surface area contributed by atoms with Crippen LogP contribution in [0.4, 0.5) is 5.69 Å². The zero-order valence-electron chi connectivity index (χ0n) is 11.5. The van der Waals surface area contributed by atoms with E-state index in [4.69, 9.17) is 5.26 Å². The Morgan fingerprint density at radius 2 is 1.86 bits per heavy atom. The van der Waals surface area contributed by atoms with Crippen molar-refractivity contribution in [2.75, 3.05) is 18.4 Å². The summed E-state index contributed by atoms with van der Waals surface area (Å²) in [5.41, 5.74) is 1.44. The van der Waals surface area contributed by atoms with Crippen LogP contribution in [-0.2, 0) is 10.0 Å². The van der Waals surface area contributed by atoms with E-state index in [0.717, 1.165) is 10.6 Å². The fourth-order valence-electron chi connectivity index (χ4n) is 1.68. The third-order valence-electron chi connectivity index (χ3n) is 2.74. The molecule has 110 valence electrons. The van der Waals surface area contributed by atoms with Crippen LogP contribution < -0.4 is 10.0 Å². The van der Waals surface area contributed by atoms with Crippen LogP contribution >= 0.6 is 11.3 Å². The van der Waals surface area contributed by atoms with Crippen LogP contribution in [0.3, 0.4) is 0 Å². The van der Waals surface area contributed by atoms with Crippen molar-refractivity contribution in [2.45, 2.75) is 11.1 Å². The summed E-state index contributed by atoms with van der Waals surface area (Å²) < 4.78 is 26.8. The number of nitrogens with zero attached hydrogens (tertiary/aromatic N) is 1. The van der Waals surface area contributed by atoms with Gasteiger partial charge in [-0.3, -0.25) is 0 Å². The van der Waals surface area contributed by atoms with Gasteiger partial charge in [0.1, 0.15) is 4.21 Å². The van der Waals surface area contributed by atoms with Crippen LogP contribution in [0.2, 0.25) is 0 Å². The van der Waals surface area contributed by atoms with E-state index < -0.39 is 10.0 Å². The maximum Gasteiger partial charge on any atom is 0.250 e. The normalized spacial score (nSPS) is 11.0. The van der Waals surface area contributed by atoms with Gasteiger partial charge in [0.2, 0.25) is 10.0 Å². The number of thiophene rings is 1. The van der Waals surface area contributed by atoms with Crippen molar-refractivity contribution in [3.8, 4) is 6.07 Å². The summed E-state index contributed by atoms with van der Waals surface area (Å²) in [4.78, 5) is 0.964. The summed E-state index contributed by atoms with van der Waals surface area (Å²) in [5.74, 6) is 0. The number of nitriles is 1. The fraction of sp³-hybridized carbons (Fsp3) is 0.214. The number of aryl methyl sites for hydroxylation is 1. The summed E-state index contributed by atoms with van der Waals surface area (Å²) in [7, 11) is -3.42. The minimum Gasteiger partial charge on any atom is -0.384 e. The third-order valence-corrected chi connectivity index (χ3v) is 5.69. The molecule has 0 spiro atoms. The molecule has 0 saturated carbocycles. The molecule has 21 heavy (non-hydrogen) atoms. The molecule has 0 saturated heterocycles. The number of hydrogen-bond donors (Lipinski definition) is 2. The molecule has 2 aromatic rings. The maximum atomic E-state index is 12.0. The van der Waals surface area contributed by atoms with Crippen molar-refractivity contribution < 1.29 is 8.42 Å². The van der Waals surface area contributed by atoms with Crippen LogP contribution in [-0.4, -0.2) is 21.5 Å². The van der Waals surface area contributed by atoms with E-state index in [2.05, 4.69) is 10.0 Å². The van der Waals surface area contributed by atoms with Gasteiger partial charge < -0.3 is 5.32 Å². The summed E-state index contributed by atoms with van der Waals surface area (Å²) >= 11 is 1.25. The highest BCUT2D eigenvalue weighted by Gasteiger charge is 2.14. The van der Waals surface area contributed by atoms with Gasteiger partial charge in [-0.1, -0.05) is 0 Å². The molecule has 0 aliphatic rings. The van der Waals surface area contributed by atoms with Crippen LogP contribution in [0.15, 0.2) is 40.6 Å². The smallest absolute Gasteiger partial charge is 0.250 e. The molecule has 1 heterocycles. The van der Waals surface area contributed by atoms with Crippen molar-refractivity contribution in [1.82, 2.24) is 4.72 Å². The predicted octanol–water partition coefficient (Wildman–Crippen LogP) is 2.32. The highest BCUT2D eigenvalue weighted by atomic mass is 32.2. The summed E-state index contributed by atoms with van der Waals surface area (Å²) in [6.07, 6.45) is 0. The molecule has 5 nitrogen and oxygen atoms in total. The second kappa shape index (κ2) is 6.72. The number of benzene rings is 1. The average Bonchev–Trinajstić information content (AvgIpc) is 2.92. The number of rotatable bonds is 6. The third kappa shape index (κ3) is 4.29. The molecule has 2 rings (SSSR count). The molecular weight excluding hydrogens is 306 g/mol. The van der Waals surface area contributed by atoms with Gasteiger partial charge in [-0.25, -0.2) is 13.1 Å². The zero-order valence-corrected chi connectivity index (χ0v) is 13.1. The number of anilines is 1. The average molecular weight is 321 g/mol. The monoisotopic (exact) mass is 321 g/mol. The second-order valence-corrected chi connectivity index (χ2v) is 7.66. The Balaban J connectivity index is 1.83. The van der Waals surface area contributed by atoms with Crippen LogP contribution in [0.1, 0.15) is 10.4 Å². The lowest BCUT2D eigenvalue weighted by Gasteiger charge is -2.07. The van der Waals surface area contributed by atoms with Crippen molar-refractivity contribution in [2.24, 2.45) is 0 Å². The molecular formula is C14H15N3O2S2. The van der Waals surface area contributed by atoms with E-state index in [1.807, 2.05) is 13.0 Å². The highest BCUT2D eigenvalue weighted by Crippen LogP contribution is 2.20. The van der Waals surface area contributed by atoms with E-state index in [-0.39, 0.29) is 0 Å². The van der Waals surface area contributed by atoms with Crippen LogP contribution in [0, 0.1) is 18.3 Å². The first kappa shape index (κ1) is 15.5. The van der Waals surface area contributed by atoms with E-state index in [9.17, 15) is 8.42 Å². The van der Waals surface area contributed by atoms with E-state index >= 15 is 0 Å². The van der Waals surface area contributed by atoms with Crippen molar-refractivity contribution in [3.05, 3.63) is 46.8 Å². The summed E-state index contributed by atoms with van der Waals surface area (Å²) in [5, 5.41) is 11.8. The minimum atomic E-state index is -3.42. The van der Waals surface area contributed by atoms with Crippen molar-refractivity contribution in [3.63, 3.8) is 0 Å². The Bertz CT molecular complexity index is 743. The topological polar surface area (TPSA) is 82.0 Å². The maximum absolute atomic E-state index is 12.0. The molecule has 2 N–H and O–H groups in total. The molecule has 1 aromatic heterocycles. The molecule has 0 unspecified atom stereocenters. The molecule has 0 radical (unpaired) electrons. The Hall–Kier alpha value is -1.88. The summed E-state index contributed by atoms with van der Waals surface area (Å²) in [6.45, 7) is 2.63. The number of nitrogens with one attached hydrogen (secondary N) is 2. The predicted molar refractivity (Wildman–Crippen MR) is 83.9 cm³/mol. The van der Waals surface area contributed by atoms with Gasteiger partial charge in [-0.2, -0.15) is 5.26 Å². The van der Waals surface area contributed by atoms with Gasteiger partial charge in [0, 0.05) is 23.7 Å². The first-order valence-corrected chi connectivity index (χ1v) is 8.61. The van der Waals surface area contributed by atoms with Crippen LogP contribution in [0.25, 0.3) is 0 Å². The van der Waals surface area contributed by atoms with E-state index in [0.29, 0.717) is 22.9 Å². The van der Waals surface area contributed by atoms with Gasteiger partial charge in [0.05, 0.1) is 11.6 Å². The summed E-state index contributed by atoms with van der Waals surface area (Å²) in [6, 6.07) is 12.4. The lowest BCUT2D eigenvalue weighted by atomic mass is 10.2. The second-order valence-electron chi connectivity index (χ2n) is 4.38. The largest absolute Gasteiger partial charge is 0.384 e. The number of sulfonamides is 1. The molecule has 0 aliphatic carbocycles. The number of hydrogen-bond acceptors (Lipinski definition) is 5. The quantitative estimate of drug-likeness (QED) is 0.800. The molecule has 7 heteroatoms. The molecule has 1 aromatic carbocycles. The first-order valence-electron chi connectivity index (χ1n) is 6.31. The van der Waals surface area contributed by atoms with Crippen molar-refractivity contribution >= 4 is 27.0 Å². The molecule has 0 aliphatic heterocycles. The van der Waals surface area contributed by atoms with Crippen molar-refractivity contribution in [1.29, 1.82) is 5.26 Å². The Labute approximate surface area is 128 Å². The van der Waals surface area contributed by atoms with Gasteiger partial charge >= 0.3 is 0 Å². The fourth-order valence-corrected chi connectivity index (χ4v) is 4.04. The lowest BCUT2D eigenvalue weighted by Crippen LogP contribution is -2.28. The zero-order chi connectivity index (χ0) is 15.3. The lowest BCUT2D eigenvalue weighted by molar-refractivity contribution is 0.585. The van der Waals surface area contributed by atoms with Crippen LogP contribution in [0.5, 0.6) is 0 Å². The standard InChI is InChI=1S/C14H15N3O2S2/c1-11-2-7-14(20-11)21(18,19)17-9-8-16-13-5-3-12(10-15)4-6-13/h2-7,16-17H,8-9H2,1H3. The Morgan fingerprint density at radius 3 is 2.43 bits per heavy atom. The Morgan fingerprint density at radius 1 is 1.14 bits per heavy atom.